The molecule has 1 aromatic heterocycles. The smallest absolute Gasteiger partial charge is 0.216 e. The lowest BCUT2D eigenvalue weighted by Gasteiger charge is -2.23. The molecular weight excluding hydrogens is 331 g/mol. The van der Waals surface area contributed by atoms with E-state index in [2.05, 4.69) is 5.10 Å². The number of ether oxygens (including phenoxy) is 1. The van der Waals surface area contributed by atoms with Crippen molar-refractivity contribution in [3.05, 3.63) is 29.6 Å². The Morgan fingerprint density at radius 2 is 2.08 bits per heavy atom. The number of halogens is 1. The fourth-order valence-electron chi connectivity index (χ4n) is 2.93. The third-order valence-electron chi connectivity index (χ3n) is 4.20. The highest BCUT2D eigenvalue weighted by Gasteiger charge is 2.29. The highest BCUT2D eigenvalue weighted by Crippen LogP contribution is 2.39. The van der Waals surface area contributed by atoms with E-state index >= 15 is 0 Å². The average Bonchev–Trinajstić information content (AvgIpc) is 2.84. The third kappa shape index (κ3) is 2.92. The van der Waals surface area contributed by atoms with Crippen molar-refractivity contribution in [2.75, 3.05) is 6.26 Å². The largest absolute Gasteiger partial charge is 0.475 e. The van der Waals surface area contributed by atoms with Crippen LogP contribution >= 0.6 is 0 Å². The number of aromatic nitrogens is 2. The molecular formula is C17H21FN2O3S. The summed E-state index contributed by atoms with van der Waals surface area (Å²) in [5.74, 6) is 0.228. The maximum absolute atomic E-state index is 14.4. The van der Waals surface area contributed by atoms with Gasteiger partial charge in [-0.2, -0.15) is 5.10 Å². The lowest BCUT2D eigenvalue weighted by Crippen LogP contribution is -2.23. The van der Waals surface area contributed by atoms with Gasteiger partial charge in [-0.25, -0.2) is 17.5 Å². The van der Waals surface area contributed by atoms with E-state index in [0.29, 0.717) is 18.1 Å². The lowest BCUT2D eigenvalue weighted by atomic mass is 9.98. The molecule has 0 radical (unpaired) electrons. The predicted octanol–water partition coefficient (Wildman–Crippen LogP) is 3.39. The summed E-state index contributed by atoms with van der Waals surface area (Å²) in [5, 5.41) is 4.52. The fraction of sp³-hybridized carbons (Fsp3) is 0.471. The van der Waals surface area contributed by atoms with E-state index < -0.39 is 15.7 Å². The summed E-state index contributed by atoms with van der Waals surface area (Å²) in [6.07, 6.45) is 2.01. The number of aryl methyl sites for hydroxylation is 1. The van der Waals surface area contributed by atoms with Gasteiger partial charge in [-0.05, 0) is 31.0 Å². The van der Waals surface area contributed by atoms with Gasteiger partial charge in [-0.1, -0.05) is 13.8 Å². The predicted molar refractivity (Wildman–Crippen MR) is 89.5 cm³/mol. The van der Waals surface area contributed by atoms with Crippen LogP contribution in [0.15, 0.2) is 23.1 Å². The van der Waals surface area contributed by atoms with Crippen LogP contribution in [0.1, 0.15) is 38.7 Å². The number of rotatable bonds is 3. The van der Waals surface area contributed by atoms with Crippen LogP contribution in [-0.2, 0) is 16.4 Å². The molecule has 0 unspecified atom stereocenters. The van der Waals surface area contributed by atoms with Crippen molar-refractivity contribution in [3.8, 4) is 17.1 Å². The van der Waals surface area contributed by atoms with E-state index in [4.69, 9.17) is 4.74 Å². The first kappa shape index (κ1) is 17.0. The molecule has 1 atom stereocenters. The van der Waals surface area contributed by atoms with Gasteiger partial charge < -0.3 is 4.74 Å². The Kier molecular flexibility index (Phi) is 4.15. The van der Waals surface area contributed by atoms with Gasteiger partial charge in [0, 0.05) is 30.3 Å². The summed E-state index contributed by atoms with van der Waals surface area (Å²) in [6, 6.07) is 3.81. The van der Waals surface area contributed by atoms with E-state index in [1.165, 1.54) is 18.2 Å². The normalized spacial score (nSPS) is 17.7. The molecule has 0 aliphatic carbocycles. The molecule has 0 saturated carbocycles. The van der Waals surface area contributed by atoms with E-state index in [0.717, 1.165) is 18.2 Å². The zero-order valence-electron chi connectivity index (χ0n) is 14.2. The molecule has 130 valence electrons. The molecule has 1 aliphatic rings. The van der Waals surface area contributed by atoms with Crippen LogP contribution in [0.3, 0.4) is 0 Å². The number of nitrogens with zero attached hydrogens (tertiary/aromatic N) is 2. The Balaban J connectivity index is 2.24. The van der Waals surface area contributed by atoms with Crippen molar-refractivity contribution >= 4 is 9.84 Å². The summed E-state index contributed by atoms with van der Waals surface area (Å²) >= 11 is 0. The van der Waals surface area contributed by atoms with Gasteiger partial charge in [0.1, 0.15) is 11.5 Å². The average molecular weight is 352 g/mol. The topological polar surface area (TPSA) is 61.2 Å². The molecule has 2 aromatic rings. The molecule has 0 bridgehead atoms. The molecule has 2 heterocycles. The number of sulfone groups is 1. The molecule has 0 amide bonds. The number of fused-ring (bicyclic) bond motifs is 1. The molecule has 5 nitrogen and oxygen atoms in total. The number of benzene rings is 1. The van der Waals surface area contributed by atoms with Crippen molar-refractivity contribution < 1.29 is 17.5 Å². The quantitative estimate of drug-likeness (QED) is 0.795. The fourth-order valence-corrected chi connectivity index (χ4v) is 3.57. The van der Waals surface area contributed by atoms with Crippen molar-refractivity contribution in [2.24, 2.45) is 0 Å². The van der Waals surface area contributed by atoms with Gasteiger partial charge in [0.05, 0.1) is 11.0 Å². The summed E-state index contributed by atoms with van der Waals surface area (Å²) in [5.41, 5.74) is 1.46. The zero-order valence-corrected chi connectivity index (χ0v) is 15.0. The molecule has 0 saturated heterocycles. The number of hydrogen-bond acceptors (Lipinski definition) is 4. The van der Waals surface area contributed by atoms with Crippen LogP contribution < -0.4 is 4.74 Å². The Morgan fingerprint density at radius 1 is 1.38 bits per heavy atom. The number of hydrogen-bond donors (Lipinski definition) is 0. The molecule has 24 heavy (non-hydrogen) atoms. The highest BCUT2D eigenvalue weighted by molar-refractivity contribution is 7.90. The van der Waals surface area contributed by atoms with Crippen LogP contribution in [0.4, 0.5) is 4.39 Å². The summed E-state index contributed by atoms with van der Waals surface area (Å²) in [6.45, 7) is 6.67. The van der Waals surface area contributed by atoms with Gasteiger partial charge in [-0.15, -0.1) is 0 Å². The van der Waals surface area contributed by atoms with Gasteiger partial charge in [-0.3, -0.25) is 0 Å². The molecule has 3 rings (SSSR count). The van der Waals surface area contributed by atoms with Crippen LogP contribution in [-0.4, -0.2) is 30.6 Å². The molecule has 1 aliphatic heterocycles. The van der Waals surface area contributed by atoms with Crippen molar-refractivity contribution in [1.29, 1.82) is 0 Å². The standard InChI is InChI=1S/C17H21FN2O3S/c1-10(2)15-16(19-20-8-7-11(3)23-17(15)20)13-9-12(24(4,21)22)5-6-14(13)18/h5-6,9-11H,7-8H2,1-4H3/t11-/m1/s1. The monoisotopic (exact) mass is 352 g/mol. The summed E-state index contributed by atoms with van der Waals surface area (Å²) < 4.78 is 45.7. The van der Waals surface area contributed by atoms with Crippen molar-refractivity contribution in [1.82, 2.24) is 9.78 Å². The van der Waals surface area contributed by atoms with E-state index in [1.54, 1.807) is 4.68 Å². The van der Waals surface area contributed by atoms with E-state index in [-0.39, 0.29) is 22.5 Å². The van der Waals surface area contributed by atoms with Crippen molar-refractivity contribution in [3.63, 3.8) is 0 Å². The summed E-state index contributed by atoms with van der Waals surface area (Å²) in [7, 11) is -3.43. The van der Waals surface area contributed by atoms with Gasteiger partial charge in [0.25, 0.3) is 0 Å². The maximum Gasteiger partial charge on any atom is 0.216 e. The van der Waals surface area contributed by atoms with Gasteiger partial charge >= 0.3 is 0 Å². The van der Waals surface area contributed by atoms with Crippen LogP contribution in [0.2, 0.25) is 0 Å². The minimum Gasteiger partial charge on any atom is -0.475 e. The van der Waals surface area contributed by atoms with Crippen LogP contribution in [0, 0.1) is 5.82 Å². The molecule has 7 heteroatoms. The Morgan fingerprint density at radius 3 is 2.71 bits per heavy atom. The second-order valence-electron chi connectivity index (χ2n) is 6.58. The van der Waals surface area contributed by atoms with Crippen LogP contribution in [0.25, 0.3) is 11.3 Å². The van der Waals surface area contributed by atoms with E-state index in [1.807, 2.05) is 20.8 Å². The third-order valence-corrected chi connectivity index (χ3v) is 5.31. The first-order valence-corrected chi connectivity index (χ1v) is 9.85. The van der Waals surface area contributed by atoms with Gasteiger partial charge in [0.15, 0.2) is 9.84 Å². The summed E-state index contributed by atoms with van der Waals surface area (Å²) in [4.78, 5) is 0.0777. The second kappa shape index (κ2) is 5.88. The van der Waals surface area contributed by atoms with Crippen LogP contribution in [0.5, 0.6) is 5.88 Å². The minimum absolute atomic E-state index is 0.0651. The zero-order chi connectivity index (χ0) is 17.6. The first-order valence-electron chi connectivity index (χ1n) is 7.95. The molecule has 0 spiro atoms. The Bertz CT molecular complexity index is 887. The first-order chi connectivity index (χ1) is 11.2. The lowest BCUT2D eigenvalue weighted by molar-refractivity contribution is 0.147. The maximum atomic E-state index is 14.4. The van der Waals surface area contributed by atoms with Gasteiger partial charge in [0.2, 0.25) is 5.88 Å². The molecule has 1 aromatic carbocycles. The Labute approximate surface area is 141 Å². The molecule has 0 fully saturated rings. The second-order valence-corrected chi connectivity index (χ2v) is 8.59. The van der Waals surface area contributed by atoms with Crippen molar-refractivity contribution in [2.45, 2.75) is 50.7 Å². The Hall–Kier alpha value is -1.89. The minimum atomic E-state index is -3.43. The SMILES string of the molecule is CC(C)c1c(-c2cc(S(C)(=O)=O)ccc2F)nn2c1O[C@H](C)CC2. The molecule has 0 N–H and O–H groups in total. The van der Waals surface area contributed by atoms with E-state index in [9.17, 15) is 12.8 Å². The highest BCUT2D eigenvalue weighted by atomic mass is 32.2.